The van der Waals surface area contributed by atoms with Crippen LogP contribution in [0.1, 0.15) is 45.4 Å². The highest BCUT2D eigenvalue weighted by molar-refractivity contribution is 5.76. The Balaban J connectivity index is 1.78. The number of amides is 1. The highest BCUT2D eigenvalue weighted by Crippen LogP contribution is 2.19. The van der Waals surface area contributed by atoms with Crippen LogP contribution in [0.25, 0.3) is 0 Å². The molecule has 0 bridgehead atoms. The van der Waals surface area contributed by atoms with Crippen molar-refractivity contribution >= 4 is 5.91 Å². The van der Waals surface area contributed by atoms with E-state index < -0.39 is 0 Å². The van der Waals surface area contributed by atoms with E-state index in [-0.39, 0.29) is 0 Å². The standard InChI is InChI=1S/C14H26N2O2/c1-2-9-16(12-7-8-15-11-12)14(17)6-5-13-4-3-10-18-13/h12-13,15H,2-11H2,1H3. The first-order valence-electron chi connectivity index (χ1n) is 7.43. The van der Waals surface area contributed by atoms with Crippen LogP contribution in [0.4, 0.5) is 0 Å². The summed E-state index contributed by atoms with van der Waals surface area (Å²) in [6.45, 7) is 5.93. The van der Waals surface area contributed by atoms with Crippen LogP contribution < -0.4 is 5.32 Å². The Labute approximate surface area is 110 Å². The largest absolute Gasteiger partial charge is 0.378 e. The van der Waals surface area contributed by atoms with Crippen LogP contribution in [0.5, 0.6) is 0 Å². The van der Waals surface area contributed by atoms with E-state index in [1.165, 1.54) is 0 Å². The van der Waals surface area contributed by atoms with E-state index >= 15 is 0 Å². The minimum Gasteiger partial charge on any atom is -0.378 e. The van der Waals surface area contributed by atoms with Gasteiger partial charge in [-0.25, -0.2) is 0 Å². The van der Waals surface area contributed by atoms with Crippen LogP contribution in [-0.2, 0) is 9.53 Å². The topological polar surface area (TPSA) is 41.6 Å². The number of ether oxygens (including phenoxy) is 1. The Morgan fingerprint density at radius 2 is 2.33 bits per heavy atom. The van der Waals surface area contributed by atoms with Gasteiger partial charge in [0.25, 0.3) is 0 Å². The van der Waals surface area contributed by atoms with E-state index in [9.17, 15) is 4.79 Å². The number of nitrogens with one attached hydrogen (secondary N) is 1. The minimum atomic E-state index is 0.320. The summed E-state index contributed by atoms with van der Waals surface area (Å²) in [5, 5.41) is 3.34. The van der Waals surface area contributed by atoms with Crippen molar-refractivity contribution in [1.82, 2.24) is 10.2 Å². The van der Waals surface area contributed by atoms with E-state index in [1.54, 1.807) is 0 Å². The molecule has 2 fully saturated rings. The molecule has 2 heterocycles. The molecule has 0 radical (unpaired) electrons. The normalized spacial score (nSPS) is 27.6. The monoisotopic (exact) mass is 254 g/mol. The van der Waals surface area contributed by atoms with E-state index in [0.29, 0.717) is 24.5 Å². The van der Waals surface area contributed by atoms with E-state index in [0.717, 1.165) is 58.3 Å². The zero-order valence-electron chi connectivity index (χ0n) is 11.5. The molecule has 2 aliphatic heterocycles. The van der Waals surface area contributed by atoms with Gasteiger partial charge in [-0.05, 0) is 38.6 Å². The number of carbonyl (C=O) groups is 1. The Morgan fingerprint density at radius 1 is 1.44 bits per heavy atom. The zero-order valence-corrected chi connectivity index (χ0v) is 11.5. The first-order chi connectivity index (χ1) is 8.81. The summed E-state index contributed by atoms with van der Waals surface area (Å²) in [4.78, 5) is 14.4. The van der Waals surface area contributed by atoms with Crippen molar-refractivity contribution in [2.75, 3.05) is 26.2 Å². The van der Waals surface area contributed by atoms with Gasteiger partial charge in [-0.15, -0.1) is 0 Å². The van der Waals surface area contributed by atoms with Crippen LogP contribution in [0, 0.1) is 0 Å². The Bertz CT molecular complexity index is 259. The fraction of sp³-hybridized carbons (Fsp3) is 0.929. The first-order valence-corrected chi connectivity index (χ1v) is 7.43. The average molecular weight is 254 g/mol. The van der Waals surface area contributed by atoms with Crippen LogP contribution in [0.2, 0.25) is 0 Å². The van der Waals surface area contributed by atoms with Crippen molar-refractivity contribution in [2.24, 2.45) is 0 Å². The molecule has 2 atom stereocenters. The Morgan fingerprint density at radius 3 is 2.94 bits per heavy atom. The maximum absolute atomic E-state index is 12.3. The summed E-state index contributed by atoms with van der Waals surface area (Å²) in [5.41, 5.74) is 0. The lowest BCUT2D eigenvalue weighted by Gasteiger charge is -2.28. The maximum atomic E-state index is 12.3. The SMILES string of the molecule is CCCN(C(=O)CCC1CCCO1)C1CCNC1. The lowest BCUT2D eigenvalue weighted by atomic mass is 10.1. The third-order valence-corrected chi connectivity index (χ3v) is 3.96. The minimum absolute atomic E-state index is 0.320. The molecule has 0 aliphatic carbocycles. The van der Waals surface area contributed by atoms with Crippen molar-refractivity contribution in [1.29, 1.82) is 0 Å². The summed E-state index contributed by atoms with van der Waals surface area (Å²) in [5.74, 6) is 0.320. The van der Waals surface area contributed by atoms with E-state index in [1.807, 2.05) is 0 Å². The molecule has 1 N–H and O–H groups in total. The Kier molecular flexibility index (Phi) is 5.45. The van der Waals surface area contributed by atoms with Gasteiger partial charge >= 0.3 is 0 Å². The highest BCUT2D eigenvalue weighted by Gasteiger charge is 2.26. The number of hydrogen-bond acceptors (Lipinski definition) is 3. The van der Waals surface area contributed by atoms with Gasteiger partial charge in [0.1, 0.15) is 0 Å². The van der Waals surface area contributed by atoms with Gasteiger partial charge in [-0.1, -0.05) is 6.92 Å². The van der Waals surface area contributed by atoms with Crippen LogP contribution in [0.3, 0.4) is 0 Å². The molecule has 0 aromatic carbocycles. The molecular formula is C14H26N2O2. The molecule has 2 saturated heterocycles. The van der Waals surface area contributed by atoms with Gasteiger partial charge in [0, 0.05) is 32.2 Å². The Hall–Kier alpha value is -0.610. The number of hydrogen-bond donors (Lipinski definition) is 1. The second-order valence-corrected chi connectivity index (χ2v) is 5.41. The molecule has 2 unspecified atom stereocenters. The first kappa shape index (κ1) is 13.8. The molecular weight excluding hydrogens is 228 g/mol. The second kappa shape index (κ2) is 7.10. The smallest absolute Gasteiger partial charge is 0.222 e. The molecule has 0 spiro atoms. The van der Waals surface area contributed by atoms with E-state index in [2.05, 4.69) is 17.1 Å². The van der Waals surface area contributed by atoms with Gasteiger partial charge < -0.3 is 15.0 Å². The van der Waals surface area contributed by atoms with Gasteiger partial charge in [-0.2, -0.15) is 0 Å². The molecule has 0 aromatic rings. The van der Waals surface area contributed by atoms with E-state index in [4.69, 9.17) is 4.74 Å². The molecule has 1 amide bonds. The van der Waals surface area contributed by atoms with Crippen LogP contribution in [0.15, 0.2) is 0 Å². The highest BCUT2D eigenvalue weighted by atomic mass is 16.5. The lowest BCUT2D eigenvalue weighted by molar-refractivity contribution is -0.133. The maximum Gasteiger partial charge on any atom is 0.222 e. The van der Waals surface area contributed by atoms with Gasteiger partial charge in [0.15, 0.2) is 0 Å². The van der Waals surface area contributed by atoms with Crippen molar-refractivity contribution in [3.8, 4) is 0 Å². The van der Waals surface area contributed by atoms with Crippen molar-refractivity contribution in [3.05, 3.63) is 0 Å². The molecule has 2 rings (SSSR count). The average Bonchev–Trinajstić information content (AvgIpc) is 3.05. The molecule has 0 aromatic heterocycles. The number of rotatable bonds is 6. The predicted octanol–water partition coefficient (Wildman–Crippen LogP) is 1.55. The third-order valence-electron chi connectivity index (χ3n) is 3.96. The third kappa shape index (κ3) is 3.69. The quantitative estimate of drug-likeness (QED) is 0.782. The predicted molar refractivity (Wildman–Crippen MR) is 71.5 cm³/mol. The van der Waals surface area contributed by atoms with Crippen LogP contribution in [-0.4, -0.2) is 49.2 Å². The molecule has 2 aliphatic rings. The van der Waals surface area contributed by atoms with Gasteiger partial charge in [-0.3, -0.25) is 4.79 Å². The number of nitrogens with zero attached hydrogens (tertiary/aromatic N) is 1. The fourth-order valence-electron chi connectivity index (χ4n) is 2.96. The van der Waals surface area contributed by atoms with Crippen molar-refractivity contribution in [3.63, 3.8) is 0 Å². The van der Waals surface area contributed by atoms with Crippen LogP contribution >= 0.6 is 0 Å². The van der Waals surface area contributed by atoms with Crippen molar-refractivity contribution < 1.29 is 9.53 Å². The van der Waals surface area contributed by atoms with Gasteiger partial charge in [0.05, 0.1) is 6.10 Å². The summed E-state index contributed by atoms with van der Waals surface area (Å²) in [6.07, 6.45) is 6.32. The second-order valence-electron chi connectivity index (χ2n) is 5.41. The summed E-state index contributed by atoms with van der Waals surface area (Å²) >= 11 is 0. The summed E-state index contributed by atoms with van der Waals surface area (Å²) < 4.78 is 5.59. The molecule has 4 nitrogen and oxygen atoms in total. The van der Waals surface area contributed by atoms with Crippen molar-refractivity contribution in [2.45, 2.75) is 57.6 Å². The molecule has 104 valence electrons. The fourth-order valence-corrected chi connectivity index (χ4v) is 2.96. The molecule has 0 saturated carbocycles. The molecule has 18 heavy (non-hydrogen) atoms. The van der Waals surface area contributed by atoms with Gasteiger partial charge in [0.2, 0.25) is 5.91 Å². The summed E-state index contributed by atoms with van der Waals surface area (Å²) in [6, 6.07) is 0.418. The molecule has 4 heteroatoms. The zero-order chi connectivity index (χ0) is 12.8. The number of carbonyl (C=O) groups excluding carboxylic acids is 1. The summed E-state index contributed by atoms with van der Waals surface area (Å²) in [7, 11) is 0. The lowest BCUT2D eigenvalue weighted by Crippen LogP contribution is -2.42.